The van der Waals surface area contributed by atoms with Gasteiger partial charge in [0.25, 0.3) is 0 Å². The van der Waals surface area contributed by atoms with E-state index < -0.39 is 12.0 Å². The molecule has 1 atom stereocenters. The highest BCUT2D eigenvalue weighted by Gasteiger charge is 2.15. The molecule has 0 heterocycles. The van der Waals surface area contributed by atoms with Crippen LogP contribution >= 0.6 is 0 Å². The third-order valence-corrected chi connectivity index (χ3v) is 2.03. The number of phenols is 2. The molecule has 0 radical (unpaired) electrons. The zero-order valence-electron chi connectivity index (χ0n) is 8.30. The van der Waals surface area contributed by atoms with Gasteiger partial charge in [-0.05, 0) is 6.07 Å². The molecule has 0 amide bonds. The Morgan fingerprint density at radius 2 is 2.20 bits per heavy atom. The van der Waals surface area contributed by atoms with E-state index >= 15 is 0 Å². The predicted molar refractivity (Wildman–Crippen MR) is 53.3 cm³/mol. The van der Waals surface area contributed by atoms with Gasteiger partial charge >= 0.3 is 5.97 Å². The lowest BCUT2D eigenvalue weighted by atomic mass is 10.0. The molecule has 0 fully saturated rings. The lowest BCUT2D eigenvalue weighted by molar-refractivity contribution is -0.141. The Morgan fingerprint density at radius 3 is 2.73 bits per heavy atom. The van der Waals surface area contributed by atoms with Crippen LogP contribution in [0.25, 0.3) is 0 Å². The molecule has 1 rings (SSSR count). The summed E-state index contributed by atoms with van der Waals surface area (Å²) in [6.45, 7) is 0. The summed E-state index contributed by atoms with van der Waals surface area (Å²) < 4.78 is 4.46. The number of phenolic OH excluding ortho intramolecular Hbond substituents is 2. The molecule has 4 N–H and O–H groups in total. The Morgan fingerprint density at radius 1 is 1.53 bits per heavy atom. The Labute approximate surface area is 87.1 Å². The summed E-state index contributed by atoms with van der Waals surface area (Å²) in [7, 11) is 1.27. The SMILES string of the molecule is COC(=O)C[C@H](N)c1ccc(O)cc1O. The average Bonchev–Trinajstić information content (AvgIpc) is 2.17. The van der Waals surface area contributed by atoms with Crippen molar-refractivity contribution in [1.82, 2.24) is 0 Å². The zero-order valence-corrected chi connectivity index (χ0v) is 8.30. The smallest absolute Gasteiger partial charge is 0.307 e. The van der Waals surface area contributed by atoms with E-state index in [1.54, 1.807) is 0 Å². The van der Waals surface area contributed by atoms with Crippen LogP contribution < -0.4 is 5.73 Å². The highest BCUT2D eigenvalue weighted by Crippen LogP contribution is 2.28. The molecule has 0 aromatic heterocycles. The van der Waals surface area contributed by atoms with E-state index in [-0.39, 0.29) is 17.9 Å². The number of carbonyl (C=O) groups excluding carboxylic acids is 1. The molecule has 0 bridgehead atoms. The van der Waals surface area contributed by atoms with Gasteiger partial charge in [-0.1, -0.05) is 6.07 Å². The van der Waals surface area contributed by atoms with E-state index in [0.717, 1.165) is 0 Å². The van der Waals surface area contributed by atoms with E-state index in [1.807, 2.05) is 0 Å². The van der Waals surface area contributed by atoms with Crippen LogP contribution in [0.1, 0.15) is 18.0 Å². The summed E-state index contributed by atoms with van der Waals surface area (Å²) in [5.74, 6) is -0.636. The number of esters is 1. The standard InChI is InChI=1S/C10H13NO4/c1-15-10(14)5-8(11)7-3-2-6(12)4-9(7)13/h2-4,8,12-13H,5,11H2,1H3/t8-/m0/s1. The van der Waals surface area contributed by atoms with Crippen LogP contribution in [0.15, 0.2) is 18.2 Å². The number of nitrogens with two attached hydrogens (primary N) is 1. The number of aromatic hydroxyl groups is 2. The maximum Gasteiger partial charge on any atom is 0.307 e. The number of hydrogen-bond acceptors (Lipinski definition) is 5. The number of rotatable bonds is 3. The van der Waals surface area contributed by atoms with Crippen LogP contribution in [0.2, 0.25) is 0 Å². The quantitative estimate of drug-likeness (QED) is 0.639. The van der Waals surface area contributed by atoms with Gasteiger partial charge in [-0.15, -0.1) is 0 Å². The van der Waals surface area contributed by atoms with Gasteiger partial charge in [-0.25, -0.2) is 0 Å². The molecule has 82 valence electrons. The molecule has 5 heteroatoms. The minimum Gasteiger partial charge on any atom is -0.508 e. The first-order valence-corrected chi connectivity index (χ1v) is 4.39. The first-order chi connectivity index (χ1) is 7.04. The van der Waals surface area contributed by atoms with Gasteiger partial charge in [-0.3, -0.25) is 4.79 Å². The van der Waals surface area contributed by atoms with Crippen molar-refractivity contribution in [2.24, 2.45) is 5.73 Å². The summed E-state index contributed by atoms with van der Waals surface area (Å²) in [4.78, 5) is 10.9. The van der Waals surface area contributed by atoms with Crippen molar-refractivity contribution in [3.63, 3.8) is 0 Å². The molecule has 0 saturated heterocycles. The minimum absolute atomic E-state index is 0.0190. The predicted octanol–water partition coefficient (Wildman–Crippen LogP) is 0.661. The number of hydrogen-bond donors (Lipinski definition) is 3. The monoisotopic (exact) mass is 211 g/mol. The Kier molecular flexibility index (Phi) is 3.51. The summed E-state index contributed by atoms with van der Waals surface area (Å²) >= 11 is 0. The third-order valence-electron chi connectivity index (χ3n) is 2.03. The molecule has 5 nitrogen and oxygen atoms in total. The minimum atomic E-state index is -0.641. The second kappa shape index (κ2) is 4.65. The van der Waals surface area contributed by atoms with Gasteiger partial charge in [0.2, 0.25) is 0 Å². The third kappa shape index (κ3) is 2.85. The van der Waals surface area contributed by atoms with Crippen molar-refractivity contribution in [1.29, 1.82) is 0 Å². The van der Waals surface area contributed by atoms with Crippen molar-refractivity contribution in [3.05, 3.63) is 23.8 Å². The summed E-state index contributed by atoms with van der Waals surface area (Å²) in [6.07, 6.45) is -0.0190. The first kappa shape index (κ1) is 11.3. The highest BCUT2D eigenvalue weighted by atomic mass is 16.5. The Bertz CT molecular complexity index is 364. The van der Waals surface area contributed by atoms with Gasteiger partial charge < -0.3 is 20.7 Å². The Balaban J connectivity index is 2.82. The van der Waals surface area contributed by atoms with Crippen LogP contribution in [0.3, 0.4) is 0 Å². The number of benzene rings is 1. The van der Waals surface area contributed by atoms with Crippen LogP contribution in [0.5, 0.6) is 11.5 Å². The molecular weight excluding hydrogens is 198 g/mol. The van der Waals surface area contributed by atoms with Gasteiger partial charge in [0, 0.05) is 17.7 Å². The molecule has 0 aliphatic rings. The second-order valence-corrected chi connectivity index (χ2v) is 3.13. The van der Waals surface area contributed by atoms with E-state index in [1.165, 1.54) is 25.3 Å². The van der Waals surface area contributed by atoms with E-state index in [2.05, 4.69) is 4.74 Å². The number of methoxy groups -OCH3 is 1. The molecule has 15 heavy (non-hydrogen) atoms. The van der Waals surface area contributed by atoms with E-state index in [4.69, 9.17) is 10.8 Å². The fourth-order valence-corrected chi connectivity index (χ4v) is 1.22. The van der Waals surface area contributed by atoms with Crippen molar-refractivity contribution in [2.45, 2.75) is 12.5 Å². The molecule has 0 aliphatic carbocycles. The normalized spacial score (nSPS) is 12.1. The van der Waals surface area contributed by atoms with Crippen LogP contribution in [0.4, 0.5) is 0 Å². The topological polar surface area (TPSA) is 92.8 Å². The maximum absolute atomic E-state index is 10.9. The lowest BCUT2D eigenvalue weighted by Crippen LogP contribution is -2.16. The van der Waals surface area contributed by atoms with Crippen molar-refractivity contribution < 1.29 is 19.7 Å². The number of carbonyl (C=O) groups is 1. The van der Waals surface area contributed by atoms with Gasteiger partial charge in [-0.2, -0.15) is 0 Å². The molecular formula is C10H13NO4. The summed E-state index contributed by atoms with van der Waals surface area (Å²) in [5, 5.41) is 18.5. The fourth-order valence-electron chi connectivity index (χ4n) is 1.22. The van der Waals surface area contributed by atoms with E-state index in [0.29, 0.717) is 5.56 Å². The molecule has 1 aromatic rings. The van der Waals surface area contributed by atoms with Crippen LogP contribution in [0, 0.1) is 0 Å². The summed E-state index contributed by atoms with van der Waals surface area (Å²) in [5.41, 5.74) is 6.08. The van der Waals surface area contributed by atoms with Gasteiger partial charge in [0.15, 0.2) is 0 Å². The Hall–Kier alpha value is -1.75. The molecule has 0 spiro atoms. The van der Waals surface area contributed by atoms with Gasteiger partial charge in [0.05, 0.1) is 13.5 Å². The second-order valence-electron chi connectivity index (χ2n) is 3.13. The summed E-state index contributed by atoms with van der Waals surface area (Å²) in [6, 6.07) is 3.40. The number of ether oxygens (including phenoxy) is 1. The van der Waals surface area contributed by atoms with Crippen molar-refractivity contribution in [2.75, 3.05) is 7.11 Å². The lowest BCUT2D eigenvalue weighted by Gasteiger charge is -2.12. The molecule has 0 saturated carbocycles. The largest absolute Gasteiger partial charge is 0.508 e. The van der Waals surface area contributed by atoms with Crippen LogP contribution in [-0.4, -0.2) is 23.3 Å². The van der Waals surface area contributed by atoms with Gasteiger partial charge in [0.1, 0.15) is 11.5 Å². The van der Waals surface area contributed by atoms with E-state index in [9.17, 15) is 9.90 Å². The van der Waals surface area contributed by atoms with Crippen molar-refractivity contribution >= 4 is 5.97 Å². The van der Waals surface area contributed by atoms with Crippen LogP contribution in [-0.2, 0) is 9.53 Å². The molecule has 0 aliphatic heterocycles. The molecule has 1 aromatic carbocycles. The maximum atomic E-state index is 10.9. The molecule has 0 unspecified atom stereocenters. The first-order valence-electron chi connectivity index (χ1n) is 4.39. The highest BCUT2D eigenvalue weighted by molar-refractivity contribution is 5.70. The zero-order chi connectivity index (χ0) is 11.4. The average molecular weight is 211 g/mol. The fraction of sp³-hybridized carbons (Fsp3) is 0.300. The van der Waals surface area contributed by atoms with Crippen molar-refractivity contribution in [3.8, 4) is 11.5 Å².